The summed E-state index contributed by atoms with van der Waals surface area (Å²) < 4.78 is 0. The SMILES string of the molecule is N[C@@H](CCC(=O)O)C(=O)NCC(=O)N[C@@H](CO)C(=O)NCC(=O)O. The lowest BCUT2D eigenvalue weighted by Gasteiger charge is -2.16. The summed E-state index contributed by atoms with van der Waals surface area (Å²) in [7, 11) is 0. The van der Waals surface area contributed by atoms with Gasteiger partial charge in [0.1, 0.15) is 12.6 Å². The number of carboxylic acid groups (broad SMARTS) is 2. The van der Waals surface area contributed by atoms with Gasteiger partial charge in [0.2, 0.25) is 17.7 Å². The van der Waals surface area contributed by atoms with Crippen LogP contribution in [-0.4, -0.2) is 76.8 Å². The molecular formula is C12H20N4O8. The van der Waals surface area contributed by atoms with Gasteiger partial charge < -0.3 is 37.0 Å². The largest absolute Gasteiger partial charge is 0.481 e. The number of carbonyl (C=O) groups excluding carboxylic acids is 3. The average Bonchev–Trinajstić information content (AvgIpc) is 2.52. The number of aliphatic hydroxyl groups excluding tert-OH is 1. The summed E-state index contributed by atoms with van der Waals surface area (Å²) in [4.78, 5) is 55.3. The van der Waals surface area contributed by atoms with E-state index in [0.29, 0.717) is 0 Å². The van der Waals surface area contributed by atoms with E-state index in [4.69, 9.17) is 21.1 Å². The molecular weight excluding hydrogens is 328 g/mol. The maximum Gasteiger partial charge on any atom is 0.322 e. The third-order valence-electron chi connectivity index (χ3n) is 2.68. The van der Waals surface area contributed by atoms with Gasteiger partial charge >= 0.3 is 11.9 Å². The molecule has 8 N–H and O–H groups in total. The minimum Gasteiger partial charge on any atom is -0.481 e. The fraction of sp³-hybridized carbons (Fsp3) is 0.583. The Bertz CT molecular complexity index is 495. The normalized spacial score (nSPS) is 12.6. The fourth-order valence-corrected chi connectivity index (χ4v) is 1.43. The van der Waals surface area contributed by atoms with E-state index in [-0.39, 0.29) is 12.8 Å². The predicted octanol–water partition coefficient (Wildman–Crippen LogP) is -4.03. The number of amides is 3. The first-order chi connectivity index (χ1) is 11.2. The molecule has 0 spiro atoms. The molecule has 12 nitrogen and oxygen atoms in total. The Morgan fingerprint density at radius 1 is 0.917 bits per heavy atom. The van der Waals surface area contributed by atoms with Gasteiger partial charge in [-0.15, -0.1) is 0 Å². The number of nitrogens with two attached hydrogens (primary N) is 1. The second kappa shape index (κ2) is 10.9. The van der Waals surface area contributed by atoms with Crippen molar-refractivity contribution in [1.82, 2.24) is 16.0 Å². The van der Waals surface area contributed by atoms with Gasteiger partial charge in [-0.1, -0.05) is 0 Å². The van der Waals surface area contributed by atoms with Gasteiger partial charge in [-0.2, -0.15) is 0 Å². The van der Waals surface area contributed by atoms with Crippen LogP contribution in [0.4, 0.5) is 0 Å². The lowest BCUT2D eigenvalue weighted by atomic mass is 10.1. The number of rotatable bonds is 11. The number of hydrogen-bond acceptors (Lipinski definition) is 7. The van der Waals surface area contributed by atoms with E-state index < -0.39 is 61.4 Å². The van der Waals surface area contributed by atoms with Crippen molar-refractivity contribution in [3.63, 3.8) is 0 Å². The highest BCUT2D eigenvalue weighted by Gasteiger charge is 2.21. The monoisotopic (exact) mass is 348 g/mol. The quantitative estimate of drug-likeness (QED) is 0.193. The molecule has 0 bridgehead atoms. The number of aliphatic hydroxyl groups is 1. The Kier molecular flexibility index (Phi) is 9.67. The maximum absolute atomic E-state index is 11.6. The highest BCUT2D eigenvalue weighted by atomic mass is 16.4. The fourth-order valence-electron chi connectivity index (χ4n) is 1.43. The molecule has 0 saturated heterocycles. The molecule has 2 atom stereocenters. The van der Waals surface area contributed by atoms with E-state index in [1.165, 1.54) is 0 Å². The summed E-state index contributed by atoms with van der Waals surface area (Å²) in [6.45, 7) is -2.01. The van der Waals surface area contributed by atoms with Crippen LogP contribution < -0.4 is 21.7 Å². The van der Waals surface area contributed by atoms with Gasteiger partial charge in [-0.05, 0) is 6.42 Å². The summed E-state index contributed by atoms with van der Waals surface area (Å²) in [6.07, 6.45) is -0.420. The molecule has 0 unspecified atom stereocenters. The van der Waals surface area contributed by atoms with E-state index in [9.17, 15) is 24.0 Å². The van der Waals surface area contributed by atoms with E-state index in [2.05, 4.69) is 10.6 Å². The van der Waals surface area contributed by atoms with E-state index >= 15 is 0 Å². The van der Waals surface area contributed by atoms with Gasteiger partial charge in [0.05, 0.1) is 19.2 Å². The first-order valence-corrected chi connectivity index (χ1v) is 6.82. The molecule has 0 saturated carbocycles. The lowest BCUT2D eigenvalue weighted by molar-refractivity contribution is -0.139. The molecule has 0 aliphatic heterocycles. The Morgan fingerprint density at radius 2 is 1.50 bits per heavy atom. The molecule has 0 heterocycles. The van der Waals surface area contributed by atoms with Gasteiger partial charge in [0.15, 0.2) is 0 Å². The van der Waals surface area contributed by atoms with E-state index in [1.54, 1.807) is 0 Å². The number of aliphatic carboxylic acids is 2. The molecule has 3 amide bonds. The van der Waals surface area contributed by atoms with Crippen LogP contribution in [0.1, 0.15) is 12.8 Å². The molecule has 12 heteroatoms. The van der Waals surface area contributed by atoms with E-state index in [0.717, 1.165) is 0 Å². The zero-order valence-corrected chi connectivity index (χ0v) is 12.7. The first kappa shape index (κ1) is 21.3. The standard InChI is InChI=1S/C12H20N4O8/c13-6(1-2-9(19)20)11(23)14-3-8(18)16-7(5-17)12(24)15-4-10(21)22/h6-7,17H,1-5,13H2,(H,14,23)(H,15,24)(H,16,18)(H,19,20)(H,21,22)/t6-,7-/m0/s1. The zero-order valence-electron chi connectivity index (χ0n) is 12.7. The van der Waals surface area contributed by atoms with Crippen molar-refractivity contribution in [2.45, 2.75) is 24.9 Å². The van der Waals surface area contributed by atoms with Crippen LogP contribution in [-0.2, 0) is 24.0 Å². The molecule has 136 valence electrons. The summed E-state index contributed by atoms with van der Waals surface area (Å²) in [5.74, 6) is -4.89. The molecule has 0 aliphatic carbocycles. The Morgan fingerprint density at radius 3 is 2.00 bits per heavy atom. The summed E-state index contributed by atoms with van der Waals surface area (Å²) >= 11 is 0. The van der Waals surface area contributed by atoms with Crippen molar-refractivity contribution in [2.24, 2.45) is 5.73 Å². The van der Waals surface area contributed by atoms with Crippen LogP contribution in [0.5, 0.6) is 0 Å². The number of carbonyl (C=O) groups is 5. The van der Waals surface area contributed by atoms with Gasteiger partial charge in [0.25, 0.3) is 0 Å². The van der Waals surface area contributed by atoms with Gasteiger partial charge in [-0.3, -0.25) is 24.0 Å². The second-order valence-electron chi connectivity index (χ2n) is 4.67. The first-order valence-electron chi connectivity index (χ1n) is 6.82. The minimum absolute atomic E-state index is 0.111. The highest BCUT2D eigenvalue weighted by Crippen LogP contribution is 1.94. The molecule has 0 rings (SSSR count). The predicted molar refractivity (Wildman–Crippen MR) is 77.5 cm³/mol. The van der Waals surface area contributed by atoms with Crippen molar-refractivity contribution < 1.29 is 39.3 Å². The summed E-state index contributed by atoms with van der Waals surface area (Å²) in [6, 6.07) is -2.49. The third-order valence-corrected chi connectivity index (χ3v) is 2.68. The Hall–Kier alpha value is -2.73. The van der Waals surface area contributed by atoms with Crippen molar-refractivity contribution in [3.8, 4) is 0 Å². The number of carboxylic acids is 2. The molecule has 0 aromatic heterocycles. The van der Waals surface area contributed by atoms with Crippen LogP contribution in [0.3, 0.4) is 0 Å². The molecule has 0 radical (unpaired) electrons. The van der Waals surface area contributed by atoms with Crippen molar-refractivity contribution in [1.29, 1.82) is 0 Å². The molecule has 0 fully saturated rings. The second-order valence-corrected chi connectivity index (χ2v) is 4.67. The average molecular weight is 348 g/mol. The third kappa shape index (κ3) is 9.32. The zero-order chi connectivity index (χ0) is 18.7. The van der Waals surface area contributed by atoms with Crippen molar-refractivity contribution in [3.05, 3.63) is 0 Å². The maximum atomic E-state index is 11.6. The molecule has 0 aromatic rings. The molecule has 0 aromatic carbocycles. The van der Waals surface area contributed by atoms with Crippen molar-refractivity contribution >= 4 is 29.7 Å². The molecule has 24 heavy (non-hydrogen) atoms. The van der Waals surface area contributed by atoms with Crippen LogP contribution in [0.2, 0.25) is 0 Å². The summed E-state index contributed by atoms with van der Waals surface area (Å²) in [5, 5.41) is 32.1. The highest BCUT2D eigenvalue weighted by molar-refractivity contribution is 5.92. The Labute approximate surface area is 136 Å². The van der Waals surface area contributed by atoms with E-state index in [1.807, 2.05) is 5.32 Å². The minimum atomic E-state index is -1.38. The van der Waals surface area contributed by atoms with Crippen LogP contribution in [0.15, 0.2) is 0 Å². The van der Waals surface area contributed by atoms with Crippen LogP contribution in [0.25, 0.3) is 0 Å². The topological polar surface area (TPSA) is 208 Å². The van der Waals surface area contributed by atoms with Crippen molar-refractivity contribution in [2.75, 3.05) is 19.7 Å². The van der Waals surface area contributed by atoms with Gasteiger partial charge in [-0.25, -0.2) is 0 Å². The smallest absolute Gasteiger partial charge is 0.322 e. The molecule has 0 aliphatic rings. The number of nitrogens with one attached hydrogen (secondary N) is 3. The van der Waals surface area contributed by atoms with Crippen LogP contribution in [0, 0.1) is 0 Å². The van der Waals surface area contributed by atoms with Gasteiger partial charge in [0, 0.05) is 6.42 Å². The van der Waals surface area contributed by atoms with Crippen LogP contribution >= 0.6 is 0 Å². The Balaban J connectivity index is 4.25. The lowest BCUT2D eigenvalue weighted by Crippen LogP contribution is -2.53. The number of hydrogen-bond donors (Lipinski definition) is 7. The summed E-state index contributed by atoms with van der Waals surface area (Å²) in [5.41, 5.74) is 5.43.